The van der Waals surface area contributed by atoms with Crippen LogP contribution in [0.2, 0.25) is 0 Å². The van der Waals surface area contributed by atoms with Gasteiger partial charge in [0.1, 0.15) is 6.54 Å². The third-order valence-corrected chi connectivity index (χ3v) is 3.35. The number of hydrogen-bond donors (Lipinski definition) is 1. The number of alkyl halides is 5. The van der Waals surface area contributed by atoms with Gasteiger partial charge in [0.15, 0.2) is 0 Å². The largest absolute Gasteiger partial charge is 0.405 e. The Morgan fingerprint density at radius 2 is 1.72 bits per heavy atom. The van der Waals surface area contributed by atoms with E-state index in [1.54, 1.807) is 5.32 Å². The van der Waals surface area contributed by atoms with Crippen molar-refractivity contribution in [2.75, 3.05) is 11.9 Å². The lowest BCUT2D eigenvalue weighted by Crippen LogP contribution is -2.23. The molecule has 0 amide bonds. The first kappa shape index (κ1) is 14.7. The maximum absolute atomic E-state index is 12.3. The topological polar surface area (TPSA) is 46.2 Å². The fraction of sp³-hybridized carbons (Fsp3) is 0.333. The van der Waals surface area contributed by atoms with Crippen LogP contribution in [0.1, 0.15) is 0 Å². The molecule has 0 saturated carbocycles. The molecule has 3 nitrogen and oxygen atoms in total. The van der Waals surface area contributed by atoms with Crippen molar-refractivity contribution in [1.82, 2.24) is 0 Å². The first-order valence-corrected chi connectivity index (χ1v) is 6.11. The number of anilines is 1. The highest BCUT2D eigenvalue weighted by Crippen LogP contribution is 2.27. The van der Waals surface area contributed by atoms with Crippen molar-refractivity contribution < 1.29 is 30.4 Å². The molecular formula is C9H8F5NO2S. The molecule has 0 atom stereocenters. The first-order chi connectivity index (χ1) is 8.14. The highest BCUT2D eigenvalue weighted by molar-refractivity contribution is 7.91. The van der Waals surface area contributed by atoms with E-state index >= 15 is 0 Å². The van der Waals surface area contributed by atoms with Crippen LogP contribution < -0.4 is 5.32 Å². The van der Waals surface area contributed by atoms with Crippen LogP contribution in [0.5, 0.6) is 0 Å². The van der Waals surface area contributed by atoms with Gasteiger partial charge in [0.05, 0.1) is 10.6 Å². The zero-order valence-electron chi connectivity index (χ0n) is 8.71. The lowest BCUT2D eigenvalue weighted by Gasteiger charge is -2.13. The van der Waals surface area contributed by atoms with E-state index in [0.717, 1.165) is 18.2 Å². The van der Waals surface area contributed by atoms with Crippen molar-refractivity contribution in [2.24, 2.45) is 0 Å². The van der Waals surface area contributed by atoms with E-state index in [1.807, 2.05) is 0 Å². The zero-order chi connectivity index (χ0) is 14.0. The average molecular weight is 289 g/mol. The van der Waals surface area contributed by atoms with E-state index in [9.17, 15) is 30.4 Å². The van der Waals surface area contributed by atoms with Gasteiger partial charge in [-0.1, -0.05) is 12.1 Å². The summed E-state index contributed by atoms with van der Waals surface area (Å²) in [5.74, 6) is -3.69. The van der Waals surface area contributed by atoms with E-state index in [4.69, 9.17) is 0 Å². The molecule has 0 fully saturated rings. The van der Waals surface area contributed by atoms with Crippen LogP contribution >= 0.6 is 0 Å². The molecule has 1 aromatic rings. The third kappa shape index (κ3) is 3.56. The van der Waals surface area contributed by atoms with Gasteiger partial charge in [0.25, 0.3) is 0 Å². The second-order valence-corrected chi connectivity index (χ2v) is 5.16. The fourth-order valence-corrected chi connectivity index (χ4v) is 2.06. The van der Waals surface area contributed by atoms with Crippen molar-refractivity contribution in [3.8, 4) is 0 Å². The first-order valence-electron chi connectivity index (χ1n) is 4.56. The maximum Gasteiger partial charge on any atom is 0.405 e. The number of rotatable bonds is 4. The van der Waals surface area contributed by atoms with Gasteiger partial charge in [0.2, 0.25) is 9.84 Å². The molecule has 1 aromatic carbocycles. The molecule has 0 aromatic heterocycles. The molecule has 0 bridgehead atoms. The molecule has 1 rings (SSSR count). The van der Waals surface area contributed by atoms with Crippen molar-refractivity contribution in [1.29, 1.82) is 0 Å². The van der Waals surface area contributed by atoms with Crippen LogP contribution in [-0.2, 0) is 9.84 Å². The average Bonchev–Trinajstić information content (AvgIpc) is 2.25. The fourth-order valence-electron chi connectivity index (χ4n) is 1.15. The van der Waals surface area contributed by atoms with Crippen LogP contribution in [-0.4, -0.2) is 26.9 Å². The van der Waals surface area contributed by atoms with E-state index in [1.165, 1.54) is 6.07 Å². The van der Waals surface area contributed by atoms with Gasteiger partial charge in [0, 0.05) is 0 Å². The van der Waals surface area contributed by atoms with E-state index in [2.05, 4.69) is 0 Å². The van der Waals surface area contributed by atoms with Crippen LogP contribution in [0.4, 0.5) is 27.6 Å². The molecule has 0 spiro atoms. The summed E-state index contributed by atoms with van der Waals surface area (Å²) >= 11 is 0. The van der Waals surface area contributed by atoms with Gasteiger partial charge in [-0.15, -0.1) is 0 Å². The van der Waals surface area contributed by atoms with Gasteiger partial charge in [-0.25, -0.2) is 8.42 Å². The molecule has 0 saturated heterocycles. The maximum atomic E-state index is 12.3. The molecule has 0 aliphatic heterocycles. The molecule has 0 radical (unpaired) electrons. The molecule has 0 heterocycles. The van der Waals surface area contributed by atoms with Gasteiger partial charge in [-0.3, -0.25) is 0 Å². The minimum atomic E-state index is -4.94. The monoisotopic (exact) mass is 289 g/mol. The van der Waals surface area contributed by atoms with Gasteiger partial charge in [-0.05, 0) is 12.1 Å². The number of nitrogens with one attached hydrogen (secondary N) is 1. The molecule has 9 heteroatoms. The molecule has 18 heavy (non-hydrogen) atoms. The van der Waals surface area contributed by atoms with Gasteiger partial charge < -0.3 is 5.32 Å². The molecular weight excluding hydrogens is 281 g/mol. The summed E-state index contributed by atoms with van der Waals surface area (Å²) in [5.41, 5.74) is -0.505. The smallest absolute Gasteiger partial charge is 0.375 e. The predicted octanol–water partition coefficient (Wildman–Crippen LogP) is 2.66. The summed E-state index contributed by atoms with van der Waals surface area (Å²) in [6.07, 6.45) is -4.58. The minimum absolute atomic E-state index is 0.505. The number of sulfone groups is 1. The second kappa shape index (κ2) is 5.09. The Kier molecular flexibility index (Phi) is 4.15. The summed E-state index contributed by atoms with van der Waals surface area (Å²) in [4.78, 5) is -0.857. The summed E-state index contributed by atoms with van der Waals surface area (Å²) in [6, 6.07) is 4.19. The van der Waals surface area contributed by atoms with Gasteiger partial charge >= 0.3 is 11.9 Å². The Balaban J connectivity index is 3.08. The van der Waals surface area contributed by atoms with Crippen molar-refractivity contribution in [3.63, 3.8) is 0 Å². The Morgan fingerprint density at radius 3 is 2.22 bits per heavy atom. The Morgan fingerprint density at radius 1 is 1.17 bits per heavy atom. The lowest BCUT2D eigenvalue weighted by atomic mass is 10.3. The van der Waals surface area contributed by atoms with Crippen molar-refractivity contribution in [2.45, 2.75) is 16.8 Å². The number of para-hydroxylation sites is 1. The number of halogens is 5. The standard InChI is InChI=1S/C9H8F5NO2S/c10-8(11)18(16,17)7-4-2-1-3-6(7)15-5-9(12,13)14/h1-4,8,15H,5H2. The Labute approximate surface area is 99.5 Å². The van der Waals surface area contributed by atoms with E-state index in [0.29, 0.717) is 0 Å². The van der Waals surface area contributed by atoms with Crippen LogP contribution in [0.25, 0.3) is 0 Å². The predicted molar refractivity (Wildman–Crippen MR) is 54.2 cm³/mol. The highest BCUT2D eigenvalue weighted by atomic mass is 32.2. The molecule has 0 aliphatic rings. The summed E-state index contributed by atoms with van der Waals surface area (Å²) in [6.45, 7) is -1.51. The van der Waals surface area contributed by atoms with E-state index < -0.39 is 38.9 Å². The van der Waals surface area contributed by atoms with Crippen LogP contribution in [0.15, 0.2) is 29.2 Å². The van der Waals surface area contributed by atoms with Crippen LogP contribution in [0, 0.1) is 0 Å². The normalized spacial score (nSPS) is 12.8. The quantitative estimate of drug-likeness (QED) is 0.867. The Hall–Kier alpha value is -1.38. The molecule has 0 unspecified atom stereocenters. The third-order valence-electron chi connectivity index (χ3n) is 1.91. The second-order valence-electron chi connectivity index (χ2n) is 3.27. The number of hydrogen-bond acceptors (Lipinski definition) is 3. The minimum Gasteiger partial charge on any atom is -0.375 e. The summed E-state index contributed by atoms with van der Waals surface area (Å²) < 4.78 is 82.9. The lowest BCUT2D eigenvalue weighted by molar-refractivity contribution is -0.115. The van der Waals surface area contributed by atoms with Crippen molar-refractivity contribution in [3.05, 3.63) is 24.3 Å². The highest BCUT2D eigenvalue weighted by Gasteiger charge is 2.31. The molecule has 1 N–H and O–H groups in total. The van der Waals surface area contributed by atoms with Crippen molar-refractivity contribution >= 4 is 15.5 Å². The number of benzene rings is 1. The molecule has 102 valence electrons. The van der Waals surface area contributed by atoms with Crippen LogP contribution in [0.3, 0.4) is 0 Å². The Bertz CT molecular complexity index is 512. The van der Waals surface area contributed by atoms with E-state index in [-0.39, 0.29) is 0 Å². The summed E-state index contributed by atoms with van der Waals surface area (Å²) in [7, 11) is -4.94. The summed E-state index contributed by atoms with van der Waals surface area (Å²) in [5, 5.41) is 1.78. The van der Waals surface area contributed by atoms with Gasteiger partial charge in [-0.2, -0.15) is 22.0 Å². The molecule has 0 aliphatic carbocycles. The zero-order valence-corrected chi connectivity index (χ0v) is 9.52. The SMILES string of the molecule is O=S(=O)(c1ccccc1NCC(F)(F)F)C(F)F.